The highest BCUT2D eigenvalue weighted by molar-refractivity contribution is 7.92. The van der Waals surface area contributed by atoms with E-state index in [1.165, 1.54) is 0 Å². The van der Waals surface area contributed by atoms with Crippen LogP contribution in [0.15, 0.2) is 54.6 Å². The molecule has 3 rings (SSSR count). The van der Waals surface area contributed by atoms with E-state index >= 15 is 0 Å². The molecule has 2 aromatic carbocycles. The van der Waals surface area contributed by atoms with Gasteiger partial charge in [0.05, 0.1) is 17.0 Å². The quantitative estimate of drug-likeness (QED) is 0.724. The van der Waals surface area contributed by atoms with Gasteiger partial charge in [0.15, 0.2) is 0 Å². The normalized spacial score (nSPS) is 16.2. The van der Waals surface area contributed by atoms with Crippen LogP contribution in [0.5, 0.6) is 0 Å². The molecule has 2 aromatic rings. The van der Waals surface area contributed by atoms with E-state index in [0.29, 0.717) is 19.8 Å². The number of amides is 1. The summed E-state index contributed by atoms with van der Waals surface area (Å²) in [6.07, 6.45) is 2.64. The van der Waals surface area contributed by atoms with Crippen LogP contribution in [0.2, 0.25) is 5.02 Å². The zero-order valence-electron chi connectivity index (χ0n) is 16.3. The number of carbonyl (C=O) groups excluding carboxylic acids is 1. The largest absolute Gasteiger partial charge is 0.381 e. The highest BCUT2D eigenvalue weighted by Crippen LogP contribution is 2.34. The van der Waals surface area contributed by atoms with Gasteiger partial charge in [-0.25, -0.2) is 8.42 Å². The highest BCUT2D eigenvalue weighted by Gasteiger charge is 2.35. The van der Waals surface area contributed by atoms with Crippen LogP contribution in [0.3, 0.4) is 0 Å². The van der Waals surface area contributed by atoms with Crippen molar-refractivity contribution < 1.29 is 17.9 Å². The monoisotopic (exact) mass is 436 g/mol. The van der Waals surface area contributed by atoms with Crippen LogP contribution in [0, 0.1) is 0 Å². The molecule has 1 aliphatic rings. The van der Waals surface area contributed by atoms with E-state index in [2.05, 4.69) is 17.4 Å². The topological polar surface area (TPSA) is 75.7 Å². The molecule has 0 radical (unpaired) electrons. The molecule has 0 bridgehead atoms. The lowest BCUT2D eigenvalue weighted by Gasteiger charge is -2.38. The molecule has 0 atom stereocenters. The van der Waals surface area contributed by atoms with Gasteiger partial charge in [0, 0.05) is 25.2 Å². The van der Waals surface area contributed by atoms with Crippen LogP contribution in [0.25, 0.3) is 0 Å². The molecule has 0 saturated carbocycles. The Labute approximate surface area is 176 Å². The standard InChI is InChI=1S/C21H25ClN2O4S/c1-29(26,27)24(19-10-6-5-9-18(19)22)15-20(25)23-16-21(11-13-28-14-12-21)17-7-3-2-4-8-17/h2-10H,11-16H2,1H3,(H,23,25). The van der Waals surface area contributed by atoms with Crippen LogP contribution in [-0.2, 0) is 25.0 Å². The number of sulfonamides is 1. The summed E-state index contributed by atoms with van der Waals surface area (Å²) in [5, 5.41) is 3.21. The minimum absolute atomic E-state index is 0.227. The van der Waals surface area contributed by atoms with Gasteiger partial charge in [0.1, 0.15) is 6.54 Å². The number of benzene rings is 2. The highest BCUT2D eigenvalue weighted by atomic mass is 35.5. The molecule has 0 unspecified atom stereocenters. The number of hydrogen-bond donors (Lipinski definition) is 1. The predicted octanol–water partition coefficient (Wildman–Crippen LogP) is 2.97. The number of anilines is 1. The fraction of sp³-hybridized carbons (Fsp3) is 0.381. The summed E-state index contributed by atoms with van der Waals surface area (Å²) in [7, 11) is -3.68. The number of halogens is 1. The summed E-state index contributed by atoms with van der Waals surface area (Å²) >= 11 is 6.16. The number of para-hydroxylation sites is 1. The average Bonchev–Trinajstić information content (AvgIpc) is 2.72. The van der Waals surface area contributed by atoms with Gasteiger partial charge in [-0.15, -0.1) is 0 Å². The van der Waals surface area contributed by atoms with Gasteiger partial charge in [0.2, 0.25) is 15.9 Å². The first-order valence-electron chi connectivity index (χ1n) is 9.44. The summed E-state index contributed by atoms with van der Waals surface area (Å²) in [6, 6.07) is 16.6. The van der Waals surface area contributed by atoms with Crippen molar-refractivity contribution >= 4 is 33.2 Å². The zero-order valence-corrected chi connectivity index (χ0v) is 17.9. The second-order valence-corrected chi connectivity index (χ2v) is 9.57. The van der Waals surface area contributed by atoms with Crippen molar-refractivity contribution in [3.05, 3.63) is 65.2 Å². The molecule has 6 nitrogen and oxygen atoms in total. The molecule has 1 aliphatic heterocycles. The second-order valence-electron chi connectivity index (χ2n) is 7.26. The van der Waals surface area contributed by atoms with Crippen molar-refractivity contribution in [2.24, 2.45) is 0 Å². The van der Waals surface area contributed by atoms with Crippen molar-refractivity contribution in [2.75, 3.05) is 36.9 Å². The zero-order chi connectivity index (χ0) is 20.9. The SMILES string of the molecule is CS(=O)(=O)N(CC(=O)NCC1(c2ccccc2)CCOCC1)c1ccccc1Cl. The number of carbonyl (C=O) groups is 1. The number of hydrogen-bond acceptors (Lipinski definition) is 4. The van der Waals surface area contributed by atoms with Gasteiger partial charge < -0.3 is 10.1 Å². The third kappa shape index (κ3) is 5.29. The minimum Gasteiger partial charge on any atom is -0.381 e. The maximum Gasteiger partial charge on any atom is 0.240 e. The lowest BCUT2D eigenvalue weighted by atomic mass is 9.74. The lowest BCUT2D eigenvalue weighted by molar-refractivity contribution is -0.120. The van der Waals surface area contributed by atoms with Gasteiger partial charge in [-0.1, -0.05) is 54.1 Å². The molecule has 0 aromatic heterocycles. The van der Waals surface area contributed by atoms with Crippen molar-refractivity contribution in [3.63, 3.8) is 0 Å². The Morgan fingerprint density at radius 1 is 1.10 bits per heavy atom. The lowest BCUT2D eigenvalue weighted by Crippen LogP contribution is -2.47. The van der Waals surface area contributed by atoms with E-state index in [1.54, 1.807) is 24.3 Å². The van der Waals surface area contributed by atoms with Crippen LogP contribution < -0.4 is 9.62 Å². The van der Waals surface area contributed by atoms with E-state index in [0.717, 1.165) is 29.0 Å². The van der Waals surface area contributed by atoms with Gasteiger partial charge in [-0.3, -0.25) is 9.10 Å². The molecule has 1 amide bonds. The van der Waals surface area contributed by atoms with Gasteiger partial charge in [0.25, 0.3) is 0 Å². The summed E-state index contributed by atoms with van der Waals surface area (Å²) in [6.45, 7) is 1.34. The van der Waals surface area contributed by atoms with E-state index in [4.69, 9.17) is 16.3 Å². The van der Waals surface area contributed by atoms with Crippen molar-refractivity contribution in [2.45, 2.75) is 18.3 Å². The fourth-order valence-electron chi connectivity index (χ4n) is 3.61. The Bertz CT molecular complexity index is 944. The van der Waals surface area contributed by atoms with E-state index in [1.807, 2.05) is 18.2 Å². The summed E-state index contributed by atoms with van der Waals surface area (Å²) in [5.41, 5.74) is 1.21. The van der Waals surface area contributed by atoms with Crippen LogP contribution in [0.1, 0.15) is 18.4 Å². The molecular weight excluding hydrogens is 412 g/mol. The summed E-state index contributed by atoms with van der Waals surface area (Å²) < 4.78 is 31.1. The minimum atomic E-state index is -3.68. The van der Waals surface area contributed by atoms with Crippen molar-refractivity contribution in [1.82, 2.24) is 5.32 Å². The maximum atomic E-state index is 12.7. The first-order chi connectivity index (χ1) is 13.8. The molecule has 8 heteroatoms. The Kier molecular flexibility index (Phi) is 6.82. The Hall–Kier alpha value is -2.09. The van der Waals surface area contributed by atoms with Crippen molar-refractivity contribution in [3.8, 4) is 0 Å². The fourth-order valence-corrected chi connectivity index (χ4v) is 4.77. The van der Waals surface area contributed by atoms with E-state index in [9.17, 15) is 13.2 Å². The van der Waals surface area contributed by atoms with Crippen LogP contribution >= 0.6 is 11.6 Å². The van der Waals surface area contributed by atoms with E-state index < -0.39 is 10.0 Å². The summed E-state index contributed by atoms with van der Waals surface area (Å²) in [4.78, 5) is 12.7. The Balaban J connectivity index is 1.75. The smallest absolute Gasteiger partial charge is 0.240 e. The van der Waals surface area contributed by atoms with Crippen LogP contribution in [0.4, 0.5) is 5.69 Å². The molecule has 1 saturated heterocycles. The molecule has 0 spiro atoms. The Morgan fingerprint density at radius 3 is 2.34 bits per heavy atom. The third-order valence-corrected chi connectivity index (χ3v) is 6.71. The molecule has 1 N–H and O–H groups in total. The predicted molar refractivity (Wildman–Crippen MR) is 115 cm³/mol. The number of rotatable bonds is 7. The van der Waals surface area contributed by atoms with Crippen molar-refractivity contribution in [1.29, 1.82) is 0 Å². The molecular formula is C21H25ClN2O4S. The molecule has 156 valence electrons. The molecule has 0 aliphatic carbocycles. The first-order valence-corrected chi connectivity index (χ1v) is 11.7. The van der Waals surface area contributed by atoms with E-state index in [-0.39, 0.29) is 28.6 Å². The first kappa shape index (κ1) is 21.6. The second kappa shape index (κ2) is 9.15. The maximum absolute atomic E-state index is 12.7. The molecule has 1 heterocycles. The molecule has 1 fully saturated rings. The number of ether oxygens (including phenoxy) is 1. The van der Waals surface area contributed by atoms with Gasteiger partial charge >= 0.3 is 0 Å². The van der Waals surface area contributed by atoms with Gasteiger partial charge in [-0.2, -0.15) is 0 Å². The summed E-state index contributed by atoms with van der Waals surface area (Å²) in [5.74, 6) is -0.378. The Morgan fingerprint density at radius 2 is 1.72 bits per heavy atom. The molecule has 29 heavy (non-hydrogen) atoms. The number of nitrogens with one attached hydrogen (secondary N) is 1. The number of nitrogens with zero attached hydrogens (tertiary/aromatic N) is 1. The average molecular weight is 437 g/mol. The van der Waals surface area contributed by atoms with Gasteiger partial charge in [-0.05, 0) is 30.5 Å². The van der Waals surface area contributed by atoms with Crippen LogP contribution in [-0.4, -0.2) is 46.9 Å². The third-order valence-electron chi connectivity index (χ3n) is 5.27.